The zero-order valence-electron chi connectivity index (χ0n) is 25.8. The van der Waals surface area contributed by atoms with Crippen LogP contribution in [0.5, 0.6) is 11.6 Å². The first-order chi connectivity index (χ1) is 22.0. The van der Waals surface area contributed by atoms with Crippen LogP contribution in [0.1, 0.15) is 59.1 Å². The topological polar surface area (TPSA) is 185 Å². The Balaban J connectivity index is 1.36. The molecule has 15 nitrogen and oxygen atoms in total. The second-order valence-corrected chi connectivity index (χ2v) is 13.1. The maximum Gasteiger partial charge on any atom is 0.459 e. The highest BCUT2D eigenvalue weighted by atomic mass is 31.2. The number of nitrogens with zero attached hydrogens (tertiary/aromatic N) is 4. The molecule has 3 heterocycles. The number of imidazole rings is 1. The predicted molar refractivity (Wildman–Crippen MR) is 162 cm³/mol. The number of alkyl halides is 1. The van der Waals surface area contributed by atoms with E-state index in [1.165, 1.54) is 36.9 Å². The average Bonchev–Trinajstić information content (AvgIpc) is 3.54. The lowest BCUT2D eigenvalue weighted by molar-refractivity contribution is -0.152. The molecule has 46 heavy (non-hydrogen) atoms. The standard InChI is InChI=1S/C29H38FN6O9P/c1-4-41-24-22-23(33-27(34-24)32-18-37)36(17-31-22)26-28(3,39)29(30,15-42-26)16-43-46(40,45-21-13-9-6-10-14-21)35-19(2)25(38)44-20-11-7-5-8-12-20/h6,9-10,13-14,17-20,26,39H,4-5,7-8,11-12,15-16H2,1-3H3,(H,35,40)(H,32,33,34,37)/t19?,26-,28+,29?,46?/m1/s1. The van der Waals surface area contributed by atoms with E-state index in [4.69, 9.17) is 23.3 Å². The first kappa shape index (κ1) is 33.7. The number of nitrogens with one attached hydrogen (secondary N) is 2. The van der Waals surface area contributed by atoms with Gasteiger partial charge in [-0.15, -0.1) is 0 Å². The highest BCUT2D eigenvalue weighted by molar-refractivity contribution is 7.52. The molecule has 1 amide bonds. The van der Waals surface area contributed by atoms with Crippen molar-refractivity contribution in [2.24, 2.45) is 0 Å². The molecule has 1 saturated carbocycles. The van der Waals surface area contributed by atoms with Crippen LogP contribution in [0.15, 0.2) is 36.7 Å². The van der Waals surface area contributed by atoms with E-state index in [1.807, 2.05) is 0 Å². The fraction of sp³-hybridized carbons (Fsp3) is 0.552. The lowest BCUT2D eigenvalue weighted by Crippen LogP contribution is -2.53. The predicted octanol–water partition coefficient (Wildman–Crippen LogP) is 3.84. The number of ether oxygens (including phenoxy) is 3. The van der Waals surface area contributed by atoms with Crippen LogP contribution < -0.4 is 19.7 Å². The Bertz CT molecular complexity index is 1570. The van der Waals surface area contributed by atoms with Gasteiger partial charge < -0.3 is 23.8 Å². The van der Waals surface area contributed by atoms with Gasteiger partial charge in [0.25, 0.3) is 0 Å². The summed E-state index contributed by atoms with van der Waals surface area (Å²) in [5.41, 5.74) is -4.68. The molecule has 2 aromatic heterocycles. The number of rotatable bonds is 14. The summed E-state index contributed by atoms with van der Waals surface area (Å²) in [6.07, 6.45) is 4.48. The average molecular weight is 665 g/mol. The van der Waals surface area contributed by atoms with E-state index in [2.05, 4.69) is 25.4 Å². The van der Waals surface area contributed by atoms with Gasteiger partial charge in [0.1, 0.15) is 23.5 Å². The monoisotopic (exact) mass is 664 g/mol. The SMILES string of the molecule is CCOc1nc(NC=O)nc2c1ncn2[C@@H]1OCC(F)(COP(=O)(NC(C)C(=O)OC2CCCCC2)Oc2ccccc2)[C@@]1(C)O. The van der Waals surface area contributed by atoms with E-state index < -0.39 is 50.5 Å². The number of anilines is 1. The summed E-state index contributed by atoms with van der Waals surface area (Å²) in [4.78, 5) is 36.6. The molecule has 5 rings (SSSR count). The van der Waals surface area contributed by atoms with Gasteiger partial charge in [-0.1, -0.05) is 24.6 Å². The molecule has 1 aromatic carbocycles. The van der Waals surface area contributed by atoms with Gasteiger partial charge in [0.2, 0.25) is 18.2 Å². The molecule has 3 aromatic rings. The number of esters is 1. The van der Waals surface area contributed by atoms with Crippen LogP contribution in [-0.2, 0) is 28.2 Å². The first-order valence-electron chi connectivity index (χ1n) is 15.1. The minimum absolute atomic E-state index is 0.0595. The van der Waals surface area contributed by atoms with Gasteiger partial charge in [0.05, 0.1) is 26.1 Å². The van der Waals surface area contributed by atoms with Crippen molar-refractivity contribution in [1.82, 2.24) is 24.6 Å². The molecule has 17 heteroatoms. The number of hydrogen-bond donors (Lipinski definition) is 3. The van der Waals surface area contributed by atoms with Crippen LogP contribution in [0.2, 0.25) is 0 Å². The van der Waals surface area contributed by atoms with Crippen molar-refractivity contribution in [1.29, 1.82) is 0 Å². The number of carbonyl (C=O) groups excluding carboxylic acids is 2. The van der Waals surface area contributed by atoms with Crippen molar-refractivity contribution in [2.75, 3.05) is 25.1 Å². The number of aliphatic hydroxyl groups is 1. The van der Waals surface area contributed by atoms with Gasteiger partial charge in [0, 0.05) is 0 Å². The van der Waals surface area contributed by atoms with Crippen molar-refractivity contribution >= 4 is 37.2 Å². The molecule has 1 aliphatic carbocycles. The van der Waals surface area contributed by atoms with Gasteiger partial charge in [-0.2, -0.15) is 15.1 Å². The van der Waals surface area contributed by atoms with E-state index >= 15 is 4.39 Å². The van der Waals surface area contributed by atoms with Crippen molar-refractivity contribution in [2.45, 2.75) is 82.5 Å². The number of carbonyl (C=O) groups is 2. The highest BCUT2D eigenvalue weighted by Crippen LogP contribution is 2.50. The molecule has 0 bridgehead atoms. The molecule has 3 N–H and O–H groups in total. The molecule has 250 valence electrons. The van der Waals surface area contributed by atoms with E-state index in [9.17, 15) is 19.3 Å². The molecule has 5 atom stereocenters. The Morgan fingerprint density at radius 1 is 1.26 bits per heavy atom. The summed E-state index contributed by atoms with van der Waals surface area (Å²) < 4.78 is 60.1. The molecule has 2 aliphatic rings. The third-order valence-corrected chi connectivity index (χ3v) is 9.57. The number of halogens is 1. The van der Waals surface area contributed by atoms with Crippen molar-refractivity contribution in [3.8, 4) is 11.6 Å². The number of aromatic nitrogens is 4. The summed E-state index contributed by atoms with van der Waals surface area (Å²) in [5.74, 6) is -0.561. The lowest BCUT2D eigenvalue weighted by atomic mass is 9.88. The zero-order valence-corrected chi connectivity index (χ0v) is 26.7. The van der Waals surface area contributed by atoms with E-state index in [0.29, 0.717) is 6.41 Å². The number of benzene rings is 1. The smallest absolute Gasteiger partial charge is 0.459 e. The van der Waals surface area contributed by atoms with Gasteiger partial charge in [-0.3, -0.25) is 24.0 Å². The second-order valence-electron chi connectivity index (χ2n) is 11.4. The first-order valence-corrected chi connectivity index (χ1v) is 16.6. The highest BCUT2D eigenvalue weighted by Gasteiger charge is 2.61. The Hall–Kier alpha value is -3.69. The van der Waals surface area contributed by atoms with Gasteiger partial charge in [-0.05, 0) is 58.6 Å². The van der Waals surface area contributed by atoms with E-state index in [1.54, 1.807) is 25.1 Å². The fourth-order valence-electron chi connectivity index (χ4n) is 5.33. The minimum Gasteiger partial charge on any atom is -0.476 e. The molecule has 0 radical (unpaired) electrons. The van der Waals surface area contributed by atoms with Crippen LogP contribution in [0.4, 0.5) is 10.3 Å². The van der Waals surface area contributed by atoms with Crippen LogP contribution in [0.3, 0.4) is 0 Å². The molecular formula is C29H38FN6O9P. The normalized spacial score (nSPS) is 25.5. The third kappa shape index (κ3) is 7.15. The number of fused-ring (bicyclic) bond motifs is 1. The Morgan fingerprint density at radius 2 is 2.00 bits per heavy atom. The summed E-state index contributed by atoms with van der Waals surface area (Å²) >= 11 is 0. The third-order valence-electron chi connectivity index (χ3n) is 7.94. The molecule has 2 fully saturated rings. The Labute approximate surface area is 264 Å². The van der Waals surface area contributed by atoms with Crippen LogP contribution in [0.25, 0.3) is 11.2 Å². The summed E-state index contributed by atoms with van der Waals surface area (Å²) in [6, 6.07) is 6.92. The number of amides is 1. The van der Waals surface area contributed by atoms with Gasteiger partial charge in [0.15, 0.2) is 23.1 Å². The van der Waals surface area contributed by atoms with Crippen molar-refractivity contribution in [3.05, 3.63) is 36.7 Å². The van der Waals surface area contributed by atoms with Crippen LogP contribution in [-0.4, -0.2) is 80.2 Å². The molecule has 1 aliphatic heterocycles. The van der Waals surface area contributed by atoms with Gasteiger partial charge in [-0.25, -0.2) is 13.9 Å². The minimum atomic E-state index is -4.46. The molecule has 1 saturated heterocycles. The van der Waals surface area contributed by atoms with Crippen LogP contribution >= 0.6 is 7.75 Å². The lowest BCUT2D eigenvalue weighted by Gasteiger charge is -2.35. The fourth-order valence-corrected chi connectivity index (χ4v) is 6.87. The second kappa shape index (κ2) is 14.0. The van der Waals surface area contributed by atoms with Crippen LogP contribution in [0, 0.1) is 0 Å². The van der Waals surface area contributed by atoms with E-state index in [0.717, 1.165) is 32.1 Å². The zero-order chi connectivity index (χ0) is 33.0. The Kier molecular flexibility index (Phi) is 10.2. The molecule has 0 spiro atoms. The molecule has 3 unspecified atom stereocenters. The van der Waals surface area contributed by atoms with Crippen molar-refractivity contribution in [3.63, 3.8) is 0 Å². The summed E-state index contributed by atoms with van der Waals surface area (Å²) in [6.45, 7) is 2.96. The van der Waals surface area contributed by atoms with E-state index in [-0.39, 0.29) is 41.5 Å². The summed E-state index contributed by atoms with van der Waals surface area (Å²) in [5, 5.41) is 16.5. The quantitative estimate of drug-likeness (QED) is 0.128. The molecular weight excluding hydrogens is 626 g/mol. The number of hydrogen-bond acceptors (Lipinski definition) is 12. The Morgan fingerprint density at radius 3 is 2.70 bits per heavy atom. The summed E-state index contributed by atoms with van der Waals surface area (Å²) in [7, 11) is -4.46. The van der Waals surface area contributed by atoms with Crippen molar-refractivity contribution < 1.29 is 46.9 Å². The maximum atomic E-state index is 16.7. The van der Waals surface area contributed by atoms with Gasteiger partial charge >= 0.3 is 13.7 Å². The largest absolute Gasteiger partial charge is 0.476 e. The maximum absolute atomic E-state index is 16.7. The number of para-hydroxylation sites is 1.